The summed E-state index contributed by atoms with van der Waals surface area (Å²) in [5.74, 6) is 0.808. The lowest BCUT2D eigenvalue weighted by molar-refractivity contribution is 0.370. The Balaban J connectivity index is 1.71. The zero-order chi connectivity index (χ0) is 15.6. The van der Waals surface area contributed by atoms with Crippen LogP contribution in [0.15, 0.2) is 24.3 Å². The zero-order valence-corrected chi connectivity index (χ0v) is 14.8. The molecule has 0 spiro atoms. The Labute approximate surface area is 142 Å². The predicted molar refractivity (Wildman–Crippen MR) is 92.6 cm³/mol. The monoisotopic (exact) mass is 360 g/mol. The van der Waals surface area contributed by atoms with Crippen molar-refractivity contribution in [2.24, 2.45) is 0 Å². The van der Waals surface area contributed by atoms with Crippen LogP contribution in [0.2, 0.25) is 5.02 Å². The lowest BCUT2D eigenvalue weighted by Gasteiger charge is -2.25. The van der Waals surface area contributed by atoms with Gasteiger partial charge in [-0.2, -0.15) is 28.8 Å². The van der Waals surface area contributed by atoms with E-state index in [-0.39, 0.29) is 5.25 Å². The minimum atomic E-state index is -3.28. The van der Waals surface area contributed by atoms with Gasteiger partial charge in [-0.15, -0.1) is 0 Å². The van der Waals surface area contributed by atoms with Crippen LogP contribution in [-0.4, -0.2) is 49.0 Å². The van der Waals surface area contributed by atoms with Gasteiger partial charge < -0.3 is 0 Å². The number of halogens is 1. The number of hydrogen-bond acceptors (Lipinski definition) is 3. The first-order valence-corrected chi connectivity index (χ1v) is 10.5. The first-order chi connectivity index (χ1) is 10.6. The summed E-state index contributed by atoms with van der Waals surface area (Å²) in [7, 11) is -3.28. The number of nitrogens with zero attached hydrogens (tertiary/aromatic N) is 2. The fraction of sp³-hybridized carbons (Fsp3) is 0.600. The summed E-state index contributed by atoms with van der Waals surface area (Å²) in [6, 6.07) is 7.87. The SMILES string of the molecule is O=S(=O)(N1CCCC1)N1CCSC(c2ccccc2Cl)CC1. The highest BCUT2D eigenvalue weighted by Gasteiger charge is 2.33. The molecule has 2 saturated heterocycles. The van der Waals surface area contributed by atoms with Crippen LogP contribution in [0.5, 0.6) is 0 Å². The van der Waals surface area contributed by atoms with Gasteiger partial charge in [0.2, 0.25) is 0 Å². The number of benzene rings is 1. The van der Waals surface area contributed by atoms with Crippen molar-refractivity contribution in [2.75, 3.05) is 31.9 Å². The van der Waals surface area contributed by atoms with Crippen molar-refractivity contribution in [3.63, 3.8) is 0 Å². The van der Waals surface area contributed by atoms with Gasteiger partial charge in [0.05, 0.1) is 0 Å². The molecule has 0 radical (unpaired) electrons. The van der Waals surface area contributed by atoms with Gasteiger partial charge in [-0.05, 0) is 30.9 Å². The molecule has 4 nitrogen and oxygen atoms in total. The van der Waals surface area contributed by atoms with Crippen LogP contribution >= 0.6 is 23.4 Å². The molecule has 2 fully saturated rings. The number of thioether (sulfide) groups is 1. The fourth-order valence-electron chi connectivity index (χ4n) is 3.05. The Hall–Kier alpha value is -0.270. The molecule has 0 saturated carbocycles. The van der Waals surface area contributed by atoms with Crippen molar-refractivity contribution >= 4 is 33.6 Å². The highest BCUT2D eigenvalue weighted by molar-refractivity contribution is 7.99. The molecule has 0 bridgehead atoms. The molecule has 2 heterocycles. The van der Waals surface area contributed by atoms with Gasteiger partial charge in [-0.25, -0.2) is 0 Å². The van der Waals surface area contributed by atoms with Crippen LogP contribution < -0.4 is 0 Å². The topological polar surface area (TPSA) is 40.6 Å². The number of hydrogen-bond donors (Lipinski definition) is 0. The molecule has 3 rings (SSSR count). The highest BCUT2D eigenvalue weighted by Crippen LogP contribution is 2.38. The Bertz CT molecular complexity index is 618. The molecule has 1 atom stereocenters. The molecule has 1 aromatic carbocycles. The molecule has 0 aliphatic carbocycles. The Morgan fingerprint density at radius 1 is 1.05 bits per heavy atom. The van der Waals surface area contributed by atoms with Gasteiger partial charge >= 0.3 is 0 Å². The van der Waals surface area contributed by atoms with Gasteiger partial charge in [-0.1, -0.05) is 29.8 Å². The molecule has 0 N–H and O–H groups in total. The Kier molecular flexibility index (Phi) is 5.35. The first-order valence-electron chi connectivity index (χ1n) is 7.70. The van der Waals surface area contributed by atoms with Crippen LogP contribution in [0.3, 0.4) is 0 Å². The van der Waals surface area contributed by atoms with E-state index >= 15 is 0 Å². The van der Waals surface area contributed by atoms with Gasteiger partial charge in [0, 0.05) is 42.2 Å². The number of rotatable bonds is 3. The fourth-order valence-corrected chi connectivity index (χ4v) is 6.47. The molecular weight excluding hydrogens is 340 g/mol. The summed E-state index contributed by atoms with van der Waals surface area (Å²) in [6.45, 7) is 2.49. The standard InChI is InChI=1S/C15H21ClN2O2S2/c16-14-6-2-1-5-13(14)15-7-10-18(11-12-21-15)22(19,20)17-8-3-4-9-17/h1-2,5-6,15H,3-4,7-12H2. The molecule has 0 aromatic heterocycles. The summed E-state index contributed by atoms with van der Waals surface area (Å²) in [5.41, 5.74) is 1.12. The molecule has 7 heteroatoms. The molecular formula is C15H21ClN2O2S2. The van der Waals surface area contributed by atoms with Crippen molar-refractivity contribution < 1.29 is 8.42 Å². The van der Waals surface area contributed by atoms with E-state index in [9.17, 15) is 8.42 Å². The maximum Gasteiger partial charge on any atom is 0.282 e. The normalized spacial score (nSPS) is 25.2. The average Bonchev–Trinajstić information content (AvgIpc) is 2.94. The molecule has 22 heavy (non-hydrogen) atoms. The quantitative estimate of drug-likeness (QED) is 0.831. The van der Waals surface area contributed by atoms with E-state index in [2.05, 4.69) is 0 Å². The lowest BCUT2D eigenvalue weighted by atomic mass is 10.1. The summed E-state index contributed by atoms with van der Waals surface area (Å²) in [6.07, 6.45) is 2.76. The second-order valence-electron chi connectivity index (χ2n) is 5.68. The van der Waals surface area contributed by atoms with E-state index in [1.807, 2.05) is 24.3 Å². The van der Waals surface area contributed by atoms with Crippen molar-refractivity contribution in [1.29, 1.82) is 0 Å². The molecule has 1 unspecified atom stereocenters. The van der Waals surface area contributed by atoms with Crippen LogP contribution in [0.4, 0.5) is 0 Å². The van der Waals surface area contributed by atoms with Crippen LogP contribution in [0.1, 0.15) is 30.1 Å². The second-order valence-corrected chi connectivity index (χ2v) is 9.33. The molecule has 2 aliphatic heterocycles. The zero-order valence-electron chi connectivity index (χ0n) is 12.4. The third kappa shape index (κ3) is 3.46. The van der Waals surface area contributed by atoms with Gasteiger partial charge in [0.1, 0.15) is 0 Å². The van der Waals surface area contributed by atoms with Crippen LogP contribution in [-0.2, 0) is 10.2 Å². The van der Waals surface area contributed by atoms with E-state index in [0.717, 1.165) is 35.6 Å². The van der Waals surface area contributed by atoms with E-state index in [1.165, 1.54) is 0 Å². The lowest BCUT2D eigenvalue weighted by Crippen LogP contribution is -2.43. The Morgan fingerprint density at radius 2 is 1.73 bits per heavy atom. The van der Waals surface area contributed by atoms with E-state index < -0.39 is 10.2 Å². The van der Waals surface area contributed by atoms with Gasteiger partial charge in [0.15, 0.2) is 0 Å². The van der Waals surface area contributed by atoms with Gasteiger partial charge in [0.25, 0.3) is 10.2 Å². The predicted octanol–water partition coefficient (Wildman–Crippen LogP) is 3.16. The first kappa shape index (κ1) is 16.6. The molecule has 2 aliphatic rings. The van der Waals surface area contributed by atoms with Crippen LogP contribution in [0, 0.1) is 0 Å². The maximum absolute atomic E-state index is 12.7. The van der Waals surface area contributed by atoms with Crippen molar-refractivity contribution in [1.82, 2.24) is 8.61 Å². The largest absolute Gasteiger partial charge is 0.282 e. The highest BCUT2D eigenvalue weighted by atomic mass is 35.5. The third-order valence-corrected chi connectivity index (χ3v) is 7.96. The van der Waals surface area contributed by atoms with E-state index in [0.29, 0.717) is 26.2 Å². The van der Waals surface area contributed by atoms with Crippen molar-refractivity contribution in [3.05, 3.63) is 34.9 Å². The van der Waals surface area contributed by atoms with Crippen LogP contribution in [0.25, 0.3) is 0 Å². The summed E-state index contributed by atoms with van der Waals surface area (Å²) >= 11 is 8.09. The third-order valence-electron chi connectivity index (χ3n) is 4.27. The summed E-state index contributed by atoms with van der Waals surface area (Å²) in [5, 5.41) is 1.04. The van der Waals surface area contributed by atoms with Crippen molar-refractivity contribution in [3.8, 4) is 0 Å². The minimum Gasteiger partial charge on any atom is -0.195 e. The molecule has 1 aromatic rings. The molecule has 0 amide bonds. The average molecular weight is 361 g/mol. The van der Waals surface area contributed by atoms with E-state index in [1.54, 1.807) is 20.4 Å². The maximum atomic E-state index is 12.7. The summed E-state index contributed by atoms with van der Waals surface area (Å²) < 4.78 is 28.6. The Morgan fingerprint density at radius 3 is 2.45 bits per heavy atom. The van der Waals surface area contributed by atoms with Crippen molar-refractivity contribution in [2.45, 2.75) is 24.5 Å². The smallest absolute Gasteiger partial charge is 0.195 e. The van der Waals surface area contributed by atoms with E-state index in [4.69, 9.17) is 11.6 Å². The van der Waals surface area contributed by atoms with Gasteiger partial charge in [-0.3, -0.25) is 0 Å². The minimum absolute atomic E-state index is 0.271. The second kappa shape index (κ2) is 7.09. The summed E-state index contributed by atoms with van der Waals surface area (Å²) in [4.78, 5) is 0. The molecule has 122 valence electrons.